The average Bonchev–Trinajstić information content (AvgIpc) is 2.81. The normalized spacial score (nSPS) is 12.0. The minimum absolute atomic E-state index is 0.00140. The van der Waals surface area contributed by atoms with Gasteiger partial charge in [0.2, 0.25) is 10.0 Å². The van der Waals surface area contributed by atoms with E-state index in [1.807, 2.05) is 37.3 Å². The number of hydrogen-bond donors (Lipinski definition) is 1. The maximum Gasteiger partial charge on any atom is 0.255 e. The molecule has 0 bridgehead atoms. The summed E-state index contributed by atoms with van der Waals surface area (Å²) in [6.07, 6.45) is 2.77. The van der Waals surface area contributed by atoms with Crippen LogP contribution in [0.25, 0.3) is 0 Å². The smallest absolute Gasteiger partial charge is 0.255 e. The lowest BCUT2D eigenvalue weighted by Gasteiger charge is -2.22. The van der Waals surface area contributed by atoms with Gasteiger partial charge in [-0.1, -0.05) is 43.7 Å². The maximum absolute atomic E-state index is 13.4. The summed E-state index contributed by atoms with van der Waals surface area (Å²) < 4.78 is 38.4. The van der Waals surface area contributed by atoms with Gasteiger partial charge in [-0.15, -0.1) is 0 Å². The third-order valence-electron chi connectivity index (χ3n) is 4.78. The number of amides is 1. The summed E-state index contributed by atoms with van der Waals surface area (Å²) in [6.45, 7) is 3.56. The summed E-state index contributed by atoms with van der Waals surface area (Å²) in [5.74, 6) is 0.186. The molecule has 0 radical (unpaired) electrons. The van der Waals surface area contributed by atoms with Crippen LogP contribution in [0.3, 0.4) is 0 Å². The number of hydrogen-bond acceptors (Lipinski definition) is 6. The number of hydrazone groups is 1. The Balaban J connectivity index is 2.31. The van der Waals surface area contributed by atoms with Crippen molar-refractivity contribution >= 4 is 21.6 Å². The first-order valence-corrected chi connectivity index (χ1v) is 11.8. The number of carbonyl (C=O) groups excluding carboxylic acids is 1. The van der Waals surface area contributed by atoms with Gasteiger partial charge in [0, 0.05) is 18.3 Å². The molecule has 174 valence electrons. The average molecular weight is 462 g/mol. The molecule has 0 spiro atoms. The van der Waals surface area contributed by atoms with Crippen molar-refractivity contribution in [2.45, 2.75) is 44.6 Å². The number of rotatable bonds is 12. The summed E-state index contributed by atoms with van der Waals surface area (Å²) in [6, 6.07) is 13.4. The van der Waals surface area contributed by atoms with Crippen LogP contribution >= 0.6 is 0 Å². The molecule has 0 atom stereocenters. The number of nitrogens with one attached hydrogen (secondary N) is 1. The van der Waals surface area contributed by atoms with Crippen molar-refractivity contribution in [3.63, 3.8) is 0 Å². The van der Waals surface area contributed by atoms with Crippen LogP contribution in [-0.2, 0) is 21.4 Å². The molecule has 9 heteroatoms. The fourth-order valence-corrected chi connectivity index (χ4v) is 4.38. The van der Waals surface area contributed by atoms with Gasteiger partial charge >= 0.3 is 0 Å². The van der Waals surface area contributed by atoms with Crippen molar-refractivity contribution in [1.29, 1.82) is 0 Å². The van der Waals surface area contributed by atoms with Gasteiger partial charge in [0.15, 0.2) is 11.5 Å². The number of sulfonamides is 1. The molecule has 0 saturated heterocycles. The Kier molecular flexibility index (Phi) is 9.67. The van der Waals surface area contributed by atoms with Gasteiger partial charge in [-0.05, 0) is 37.5 Å². The lowest BCUT2D eigenvalue weighted by Crippen LogP contribution is -2.39. The van der Waals surface area contributed by atoms with Crippen LogP contribution in [0.5, 0.6) is 11.5 Å². The van der Waals surface area contributed by atoms with Crippen LogP contribution < -0.4 is 14.9 Å². The molecule has 0 aromatic heterocycles. The zero-order valence-corrected chi connectivity index (χ0v) is 19.8. The molecule has 1 N–H and O–H groups in total. The van der Waals surface area contributed by atoms with E-state index in [2.05, 4.69) is 17.5 Å². The predicted molar refractivity (Wildman–Crippen MR) is 124 cm³/mol. The number of benzene rings is 2. The number of methoxy groups -OCH3 is 2. The molecule has 32 heavy (non-hydrogen) atoms. The summed E-state index contributed by atoms with van der Waals surface area (Å²) in [7, 11) is -1.11. The fraction of sp³-hybridized carbons (Fsp3) is 0.391. The van der Waals surface area contributed by atoms with E-state index in [1.165, 1.54) is 32.4 Å². The lowest BCUT2D eigenvalue weighted by atomic mass is 10.2. The van der Waals surface area contributed by atoms with Crippen LogP contribution in [-0.4, -0.2) is 45.1 Å². The second kappa shape index (κ2) is 12.2. The first kappa shape index (κ1) is 25.4. The van der Waals surface area contributed by atoms with E-state index in [4.69, 9.17) is 9.47 Å². The van der Waals surface area contributed by atoms with E-state index in [0.717, 1.165) is 34.8 Å². The Bertz CT molecular complexity index is 1020. The highest BCUT2D eigenvalue weighted by molar-refractivity contribution is 7.89. The minimum Gasteiger partial charge on any atom is -0.493 e. The molecule has 0 aliphatic rings. The quantitative estimate of drug-likeness (QED) is 0.385. The zero-order valence-electron chi connectivity index (χ0n) is 19.0. The van der Waals surface area contributed by atoms with Crippen molar-refractivity contribution in [2.75, 3.05) is 20.8 Å². The first-order chi connectivity index (χ1) is 15.3. The van der Waals surface area contributed by atoms with E-state index in [9.17, 15) is 13.2 Å². The standard InChI is InChI=1S/C23H31N3O5S/c1-5-6-10-18(2)24-25-23(27)17-26(16-19-11-8-7-9-12-19)32(28,29)20-13-14-21(30-3)22(15-20)31-4/h7-9,11-15H,5-6,10,16-17H2,1-4H3,(H,25,27). The zero-order chi connectivity index (χ0) is 23.6. The Morgan fingerprint density at radius 3 is 2.38 bits per heavy atom. The lowest BCUT2D eigenvalue weighted by molar-refractivity contribution is -0.121. The maximum atomic E-state index is 13.4. The fourth-order valence-electron chi connectivity index (χ4n) is 2.98. The Labute approximate surface area is 190 Å². The minimum atomic E-state index is -4.02. The van der Waals surface area contributed by atoms with Crippen LogP contribution in [0.4, 0.5) is 0 Å². The largest absolute Gasteiger partial charge is 0.493 e. The van der Waals surface area contributed by atoms with E-state index >= 15 is 0 Å². The number of ether oxygens (including phenoxy) is 2. The molecule has 2 aromatic carbocycles. The highest BCUT2D eigenvalue weighted by Crippen LogP contribution is 2.31. The van der Waals surface area contributed by atoms with Crippen molar-refractivity contribution in [1.82, 2.24) is 9.73 Å². The number of nitrogens with zero attached hydrogens (tertiary/aromatic N) is 2. The Morgan fingerprint density at radius 2 is 1.75 bits per heavy atom. The summed E-state index contributed by atoms with van der Waals surface area (Å²) in [5.41, 5.74) is 4.02. The third kappa shape index (κ3) is 7.06. The second-order valence-corrected chi connectivity index (χ2v) is 9.20. The van der Waals surface area contributed by atoms with E-state index < -0.39 is 15.9 Å². The molecule has 1 amide bonds. The molecule has 0 fully saturated rings. The van der Waals surface area contributed by atoms with Crippen molar-refractivity contribution in [2.24, 2.45) is 5.10 Å². The molecule has 0 heterocycles. The highest BCUT2D eigenvalue weighted by Gasteiger charge is 2.28. The number of carbonyl (C=O) groups is 1. The summed E-state index contributed by atoms with van der Waals surface area (Å²) in [5, 5.41) is 4.09. The van der Waals surface area contributed by atoms with Crippen molar-refractivity contribution in [3.8, 4) is 11.5 Å². The second-order valence-electron chi connectivity index (χ2n) is 7.26. The SMILES string of the molecule is CCCCC(C)=NNC(=O)CN(Cc1ccccc1)S(=O)(=O)c1ccc(OC)c(OC)c1. The molecule has 2 rings (SSSR count). The van der Waals surface area contributed by atoms with Gasteiger partial charge < -0.3 is 9.47 Å². The van der Waals surface area contributed by atoms with Crippen LogP contribution in [0.15, 0.2) is 58.5 Å². The van der Waals surface area contributed by atoms with Gasteiger partial charge in [0.1, 0.15) is 0 Å². The van der Waals surface area contributed by atoms with Gasteiger partial charge in [0.25, 0.3) is 5.91 Å². The van der Waals surface area contributed by atoms with Gasteiger partial charge in [-0.25, -0.2) is 13.8 Å². The highest BCUT2D eigenvalue weighted by atomic mass is 32.2. The topological polar surface area (TPSA) is 97.3 Å². The summed E-state index contributed by atoms with van der Waals surface area (Å²) >= 11 is 0. The van der Waals surface area contributed by atoms with E-state index in [-0.39, 0.29) is 23.7 Å². The van der Waals surface area contributed by atoms with E-state index in [1.54, 1.807) is 0 Å². The van der Waals surface area contributed by atoms with Crippen LogP contribution in [0, 0.1) is 0 Å². The Hall–Kier alpha value is -2.91. The van der Waals surface area contributed by atoms with Crippen LogP contribution in [0.1, 0.15) is 38.7 Å². The van der Waals surface area contributed by atoms with Crippen molar-refractivity contribution in [3.05, 3.63) is 54.1 Å². The third-order valence-corrected chi connectivity index (χ3v) is 6.57. The van der Waals surface area contributed by atoms with Gasteiger partial charge in [0.05, 0.1) is 25.7 Å². The molecule has 0 aliphatic heterocycles. The van der Waals surface area contributed by atoms with Crippen molar-refractivity contribution < 1.29 is 22.7 Å². The van der Waals surface area contributed by atoms with Gasteiger partial charge in [-0.3, -0.25) is 4.79 Å². The molecule has 0 aliphatic carbocycles. The molecule has 0 saturated carbocycles. The first-order valence-electron chi connectivity index (χ1n) is 10.4. The molecular weight excluding hydrogens is 430 g/mol. The predicted octanol–water partition coefficient (Wildman–Crippen LogP) is 3.58. The van der Waals surface area contributed by atoms with Crippen LogP contribution in [0.2, 0.25) is 0 Å². The molecule has 8 nitrogen and oxygen atoms in total. The van der Waals surface area contributed by atoms with Gasteiger partial charge in [-0.2, -0.15) is 9.41 Å². The van der Waals surface area contributed by atoms with E-state index in [0.29, 0.717) is 5.75 Å². The number of unbranched alkanes of at least 4 members (excludes halogenated alkanes) is 1. The molecular formula is C23H31N3O5S. The molecule has 2 aromatic rings. The summed E-state index contributed by atoms with van der Waals surface area (Å²) in [4.78, 5) is 12.6. The monoisotopic (exact) mass is 461 g/mol. The molecule has 0 unspecified atom stereocenters. The Morgan fingerprint density at radius 1 is 1.06 bits per heavy atom.